The summed E-state index contributed by atoms with van der Waals surface area (Å²) < 4.78 is 2.09. The normalized spacial score (nSPS) is 18.9. The summed E-state index contributed by atoms with van der Waals surface area (Å²) in [6, 6.07) is 0. The van der Waals surface area contributed by atoms with Crippen molar-refractivity contribution in [3.05, 3.63) is 12.4 Å². The second kappa shape index (κ2) is 4.34. The van der Waals surface area contributed by atoms with E-state index >= 15 is 0 Å². The highest BCUT2D eigenvalue weighted by atomic mass is 79.9. The van der Waals surface area contributed by atoms with E-state index in [0.29, 0.717) is 0 Å². The molecule has 1 aromatic rings. The minimum absolute atomic E-state index is 0.853. The van der Waals surface area contributed by atoms with Gasteiger partial charge in [0.2, 0.25) is 5.95 Å². The highest BCUT2D eigenvalue weighted by Crippen LogP contribution is 2.22. The summed E-state index contributed by atoms with van der Waals surface area (Å²) in [4.78, 5) is 6.74. The molecule has 0 atom stereocenters. The van der Waals surface area contributed by atoms with Gasteiger partial charge in [0.25, 0.3) is 0 Å². The molecule has 0 aromatic carbocycles. The van der Waals surface area contributed by atoms with Crippen molar-refractivity contribution in [3.8, 4) is 0 Å². The van der Waals surface area contributed by atoms with Crippen molar-refractivity contribution >= 4 is 21.9 Å². The van der Waals surface area contributed by atoms with Crippen LogP contribution in [0.3, 0.4) is 0 Å². The molecule has 3 nitrogen and oxygen atoms in total. The maximum Gasteiger partial charge on any atom is 0.205 e. The Morgan fingerprint density at radius 2 is 2.21 bits per heavy atom. The lowest BCUT2D eigenvalue weighted by Gasteiger charge is -2.31. The number of imidazole rings is 1. The number of aryl methyl sites for hydroxylation is 1. The summed E-state index contributed by atoms with van der Waals surface area (Å²) in [5.41, 5.74) is 0. The molecule has 0 spiro atoms. The van der Waals surface area contributed by atoms with E-state index in [0.717, 1.165) is 30.3 Å². The van der Waals surface area contributed by atoms with E-state index < -0.39 is 0 Å². The van der Waals surface area contributed by atoms with Gasteiger partial charge in [-0.2, -0.15) is 0 Å². The molecule has 1 aromatic heterocycles. The van der Waals surface area contributed by atoms with Crippen LogP contribution in [0.4, 0.5) is 5.95 Å². The van der Waals surface area contributed by atoms with Crippen molar-refractivity contribution in [3.63, 3.8) is 0 Å². The van der Waals surface area contributed by atoms with Crippen molar-refractivity contribution < 1.29 is 0 Å². The van der Waals surface area contributed by atoms with Gasteiger partial charge < -0.3 is 9.47 Å². The molecule has 0 aliphatic carbocycles. The molecule has 1 aliphatic heterocycles. The quantitative estimate of drug-likeness (QED) is 0.757. The number of hydrogen-bond donors (Lipinski definition) is 0. The van der Waals surface area contributed by atoms with Crippen molar-refractivity contribution in [1.29, 1.82) is 0 Å². The Labute approximate surface area is 93.2 Å². The molecule has 0 unspecified atom stereocenters. The van der Waals surface area contributed by atoms with Crippen molar-refractivity contribution in [2.75, 3.05) is 23.3 Å². The minimum Gasteiger partial charge on any atom is -0.342 e. The Balaban J connectivity index is 1.99. The van der Waals surface area contributed by atoms with E-state index in [9.17, 15) is 0 Å². The van der Waals surface area contributed by atoms with Gasteiger partial charge in [0.05, 0.1) is 0 Å². The van der Waals surface area contributed by atoms with Gasteiger partial charge in [0.15, 0.2) is 0 Å². The van der Waals surface area contributed by atoms with E-state index in [-0.39, 0.29) is 0 Å². The molecule has 0 amide bonds. The number of aromatic nitrogens is 2. The molecule has 1 saturated heterocycles. The van der Waals surface area contributed by atoms with E-state index in [1.54, 1.807) is 0 Å². The molecule has 78 valence electrons. The summed E-state index contributed by atoms with van der Waals surface area (Å²) in [7, 11) is 2.05. The molecule has 1 aliphatic rings. The van der Waals surface area contributed by atoms with Crippen LogP contribution in [0.1, 0.15) is 12.8 Å². The summed E-state index contributed by atoms with van der Waals surface area (Å²) in [6.07, 6.45) is 6.42. The SMILES string of the molecule is Cn1ccnc1N1CCC(CBr)CC1. The zero-order chi connectivity index (χ0) is 9.97. The Kier molecular flexibility index (Phi) is 3.11. The summed E-state index contributed by atoms with van der Waals surface area (Å²) in [5.74, 6) is 1.96. The molecule has 2 rings (SSSR count). The molecule has 4 heteroatoms. The minimum atomic E-state index is 0.853. The third kappa shape index (κ3) is 1.95. The Hall–Kier alpha value is -0.510. The van der Waals surface area contributed by atoms with Crippen LogP contribution in [-0.4, -0.2) is 28.0 Å². The van der Waals surface area contributed by atoms with Gasteiger partial charge in [-0.05, 0) is 18.8 Å². The number of alkyl halides is 1. The largest absolute Gasteiger partial charge is 0.342 e. The maximum atomic E-state index is 4.37. The van der Waals surface area contributed by atoms with Crippen LogP contribution in [0.25, 0.3) is 0 Å². The second-order valence-corrected chi connectivity index (χ2v) is 4.57. The van der Waals surface area contributed by atoms with Crippen molar-refractivity contribution in [2.45, 2.75) is 12.8 Å². The smallest absolute Gasteiger partial charge is 0.205 e. The zero-order valence-electron chi connectivity index (χ0n) is 8.49. The summed E-state index contributed by atoms with van der Waals surface area (Å²) in [5, 5.41) is 1.14. The third-order valence-corrected chi connectivity index (χ3v) is 3.83. The third-order valence-electron chi connectivity index (χ3n) is 2.91. The predicted molar refractivity (Wildman–Crippen MR) is 61.9 cm³/mol. The molecular weight excluding hydrogens is 242 g/mol. The summed E-state index contributed by atoms with van der Waals surface area (Å²) >= 11 is 3.55. The standard InChI is InChI=1S/C10H16BrN3/c1-13-7-4-12-10(13)14-5-2-9(8-11)3-6-14/h4,7,9H,2-3,5-6,8H2,1H3. The molecule has 0 N–H and O–H groups in total. The van der Waals surface area contributed by atoms with E-state index in [1.807, 2.05) is 12.4 Å². The van der Waals surface area contributed by atoms with Crippen LogP contribution in [0.15, 0.2) is 12.4 Å². The average molecular weight is 258 g/mol. The zero-order valence-corrected chi connectivity index (χ0v) is 10.1. The number of piperidine rings is 1. The fraction of sp³-hybridized carbons (Fsp3) is 0.700. The predicted octanol–water partition coefficient (Wildman–Crippen LogP) is 2.03. The number of nitrogens with zero attached hydrogens (tertiary/aromatic N) is 3. The molecule has 14 heavy (non-hydrogen) atoms. The molecule has 0 radical (unpaired) electrons. The van der Waals surface area contributed by atoms with Gasteiger partial charge >= 0.3 is 0 Å². The van der Waals surface area contributed by atoms with E-state index in [2.05, 4.69) is 37.4 Å². The Morgan fingerprint density at radius 3 is 2.71 bits per heavy atom. The number of anilines is 1. The first-order chi connectivity index (χ1) is 6.81. The highest BCUT2D eigenvalue weighted by molar-refractivity contribution is 9.09. The molecule has 0 saturated carbocycles. The highest BCUT2D eigenvalue weighted by Gasteiger charge is 2.20. The lowest BCUT2D eigenvalue weighted by Crippen LogP contribution is -2.35. The number of halogens is 1. The topological polar surface area (TPSA) is 21.1 Å². The van der Waals surface area contributed by atoms with Crippen LogP contribution in [0, 0.1) is 5.92 Å². The van der Waals surface area contributed by atoms with Crippen molar-refractivity contribution in [2.24, 2.45) is 13.0 Å². The molecular formula is C10H16BrN3. The van der Waals surface area contributed by atoms with E-state index in [4.69, 9.17) is 0 Å². The first kappa shape index (κ1) is 10.0. The monoisotopic (exact) mass is 257 g/mol. The maximum absolute atomic E-state index is 4.37. The van der Waals surface area contributed by atoms with Gasteiger partial charge in [-0.15, -0.1) is 0 Å². The van der Waals surface area contributed by atoms with Crippen molar-refractivity contribution in [1.82, 2.24) is 9.55 Å². The van der Waals surface area contributed by atoms with Gasteiger partial charge in [0.1, 0.15) is 0 Å². The second-order valence-electron chi connectivity index (χ2n) is 3.92. The van der Waals surface area contributed by atoms with Crippen LogP contribution < -0.4 is 4.90 Å². The van der Waals surface area contributed by atoms with E-state index in [1.165, 1.54) is 12.8 Å². The van der Waals surface area contributed by atoms with Crippen LogP contribution in [0.2, 0.25) is 0 Å². The lowest BCUT2D eigenvalue weighted by molar-refractivity contribution is 0.441. The van der Waals surface area contributed by atoms with Gasteiger partial charge in [-0.1, -0.05) is 15.9 Å². The molecule has 2 heterocycles. The van der Waals surface area contributed by atoms with Crippen LogP contribution in [-0.2, 0) is 7.05 Å². The van der Waals surface area contributed by atoms with Crippen LogP contribution >= 0.6 is 15.9 Å². The Morgan fingerprint density at radius 1 is 1.50 bits per heavy atom. The number of hydrogen-bond acceptors (Lipinski definition) is 2. The van der Waals surface area contributed by atoms with Crippen LogP contribution in [0.5, 0.6) is 0 Å². The summed E-state index contributed by atoms with van der Waals surface area (Å²) in [6.45, 7) is 2.28. The Bertz CT molecular complexity index is 289. The fourth-order valence-corrected chi connectivity index (χ4v) is 2.60. The molecule has 1 fully saturated rings. The number of rotatable bonds is 2. The molecule has 0 bridgehead atoms. The first-order valence-electron chi connectivity index (χ1n) is 5.09. The first-order valence-corrected chi connectivity index (χ1v) is 6.21. The van der Waals surface area contributed by atoms with Gasteiger partial charge in [-0.25, -0.2) is 4.98 Å². The van der Waals surface area contributed by atoms with Gasteiger partial charge in [-0.3, -0.25) is 0 Å². The lowest BCUT2D eigenvalue weighted by atomic mass is 9.99. The van der Waals surface area contributed by atoms with Gasteiger partial charge in [0, 0.05) is 37.9 Å². The fourth-order valence-electron chi connectivity index (χ4n) is 1.95. The average Bonchev–Trinajstić information content (AvgIpc) is 2.65.